The van der Waals surface area contributed by atoms with Crippen LogP contribution in [0.15, 0.2) is 35.0 Å². The van der Waals surface area contributed by atoms with Crippen LogP contribution in [0.4, 0.5) is 11.4 Å². The molecule has 0 aliphatic heterocycles. The Labute approximate surface area is 109 Å². The smallest absolute Gasteiger partial charge is 0.337 e. The van der Waals surface area contributed by atoms with Crippen molar-refractivity contribution in [2.24, 2.45) is 0 Å². The monoisotopic (exact) mass is 262 g/mol. The highest BCUT2D eigenvalue weighted by Gasteiger charge is 2.09. The Morgan fingerprint density at radius 2 is 2.22 bits per heavy atom. The van der Waals surface area contributed by atoms with Crippen LogP contribution in [0.3, 0.4) is 0 Å². The van der Waals surface area contributed by atoms with Crippen LogP contribution in [-0.2, 0) is 6.42 Å². The summed E-state index contributed by atoms with van der Waals surface area (Å²) in [4.78, 5) is 11.0. The number of thiophene rings is 1. The molecule has 0 bridgehead atoms. The van der Waals surface area contributed by atoms with Crippen LogP contribution >= 0.6 is 11.3 Å². The number of hydrogen-bond acceptors (Lipinski definition) is 4. The third-order valence-corrected chi connectivity index (χ3v) is 3.32. The van der Waals surface area contributed by atoms with E-state index in [9.17, 15) is 4.79 Å². The van der Waals surface area contributed by atoms with Crippen molar-refractivity contribution in [1.29, 1.82) is 0 Å². The number of hydrogen-bond donors (Lipinski definition) is 3. The maximum Gasteiger partial charge on any atom is 0.337 e. The quantitative estimate of drug-likeness (QED) is 0.724. The second kappa shape index (κ2) is 5.55. The van der Waals surface area contributed by atoms with Crippen molar-refractivity contribution in [2.75, 3.05) is 17.6 Å². The molecule has 2 aromatic rings. The lowest BCUT2D eigenvalue weighted by molar-refractivity contribution is 0.0698. The lowest BCUT2D eigenvalue weighted by Crippen LogP contribution is -2.09. The van der Waals surface area contributed by atoms with E-state index in [1.807, 2.05) is 5.38 Å². The molecule has 1 aromatic heterocycles. The second-order valence-corrected chi connectivity index (χ2v) is 4.70. The molecule has 0 aliphatic rings. The van der Waals surface area contributed by atoms with Crippen LogP contribution in [0.2, 0.25) is 0 Å². The molecule has 0 unspecified atom stereocenters. The van der Waals surface area contributed by atoms with E-state index in [0.29, 0.717) is 17.9 Å². The summed E-state index contributed by atoms with van der Waals surface area (Å²) in [5, 5.41) is 16.3. The van der Waals surface area contributed by atoms with Crippen molar-refractivity contribution in [3.05, 3.63) is 46.2 Å². The number of anilines is 2. The molecule has 0 fully saturated rings. The Kier molecular flexibility index (Phi) is 3.84. The topological polar surface area (TPSA) is 75.4 Å². The molecule has 0 radical (unpaired) electrons. The van der Waals surface area contributed by atoms with E-state index in [1.165, 1.54) is 11.6 Å². The number of nitrogen functional groups attached to an aromatic ring is 1. The van der Waals surface area contributed by atoms with Gasteiger partial charge in [0.05, 0.1) is 11.3 Å². The minimum atomic E-state index is -0.951. The van der Waals surface area contributed by atoms with Gasteiger partial charge in [0.2, 0.25) is 0 Å². The van der Waals surface area contributed by atoms with E-state index in [0.717, 1.165) is 6.42 Å². The number of rotatable bonds is 5. The summed E-state index contributed by atoms with van der Waals surface area (Å²) >= 11 is 1.65. The number of nitrogens with one attached hydrogen (secondary N) is 1. The molecular formula is C13H14N2O2S. The molecule has 0 amide bonds. The lowest BCUT2D eigenvalue weighted by atomic mass is 10.1. The Hall–Kier alpha value is -2.01. The molecule has 5 heteroatoms. The number of nitrogens with two attached hydrogens (primary N) is 1. The van der Waals surface area contributed by atoms with E-state index in [-0.39, 0.29) is 5.56 Å². The molecule has 0 spiro atoms. The Balaban J connectivity index is 2.03. The van der Waals surface area contributed by atoms with Gasteiger partial charge in [0.1, 0.15) is 0 Å². The van der Waals surface area contributed by atoms with Crippen molar-refractivity contribution in [3.63, 3.8) is 0 Å². The molecule has 4 N–H and O–H groups in total. The molecule has 1 aromatic carbocycles. The first-order valence-corrected chi connectivity index (χ1v) is 6.49. The average molecular weight is 262 g/mol. The molecule has 0 saturated carbocycles. The SMILES string of the molecule is Nc1ccc(C(=O)O)c(NCCc2ccsc2)c1. The molecule has 2 rings (SSSR count). The zero-order valence-corrected chi connectivity index (χ0v) is 10.5. The first-order chi connectivity index (χ1) is 8.66. The average Bonchev–Trinajstić information content (AvgIpc) is 2.82. The van der Waals surface area contributed by atoms with E-state index in [1.54, 1.807) is 23.5 Å². The molecule has 4 nitrogen and oxygen atoms in total. The summed E-state index contributed by atoms with van der Waals surface area (Å²) in [7, 11) is 0. The van der Waals surface area contributed by atoms with Crippen LogP contribution in [0.25, 0.3) is 0 Å². The van der Waals surface area contributed by atoms with Crippen molar-refractivity contribution >= 4 is 28.7 Å². The zero-order chi connectivity index (χ0) is 13.0. The number of carbonyl (C=O) groups is 1. The van der Waals surface area contributed by atoms with Gasteiger partial charge in [0.15, 0.2) is 0 Å². The molecule has 0 atom stereocenters. The first kappa shape index (κ1) is 12.4. The summed E-state index contributed by atoms with van der Waals surface area (Å²) in [6.07, 6.45) is 0.858. The van der Waals surface area contributed by atoms with Gasteiger partial charge in [-0.25, -0.2) is 4.79 Å². The second-order valence-electron chi connectivity index (χ2n) is 3.92. The zero-order valence-electron chi connectivity index (χ0n) is 9.72. The standard InChI is InChI=1S/C13H14N2O2S/c14-10-1-2-11(13(16)17)12(7-10)15-5-3-9-4-6-18-8-9/h1-2,4,6-8,15H,3,5,14H2,(H,16,17). The maximum absolute atomic E-state index is 11.0. The third kappa shape index (κ3) is 3.01. The van der Waals surface area contributed by atoms with E-state index in [2.05, 4.69) is 16.8 Å². The van der Waals surface area contributed by atoms with Crippen molar-refractivity contribution < 1.29 is 9.90 Å². The molecule has 0 aliphatic carbocycles. The summed E-state index contributed by atoms with van der Waals surface area (Å²) in [5.74, 6) is -0.951. The highest BCUT2D eigenvalue weighted by atomic mass is 32.1. The number of aromatic carboxylic acids is 1. The van der Waals surface area contributed by atoms with E-state index >= 15 is 0 Å². The predicted octanol–water partition coefficient (Wildman–Crippen LogP) is 2.68. The maximum atomic E-state index is 11.0. The van der Waals surface area contributed by atoms with E-state index in [4.69, 9.17) is 10.8 Å². The summed E-state index contributed by atoms with van der Waals surface area (Å²) in [6, 6.07) is 6.82. The first-order valence-electron chi connectivity index (χ1n) is 5.54. The number of benzene rings is 1. The van der Waals surface area contributed by atoms with Crippen molar-refractivity contribution in [1.82, 2.24) is 0 Å². The highest BCUT2D eigenvalue weighted by Crippen LogP contribution is 2.19. The molecule has 94 valence electrons. The molecule has 1 heterocycles. The normalized spacial score (nSPS) is 10.2. The minimum absolute atomic E-state index is 0.245. The molecule has 0 saturated heterocycles. The fourth-order valence-electron chi connectivity index (χ4n) is 1.67. The van der Waals surface area contributed by atoms with E-state index < -0.39 is 5.97 Å². The van der Waals surface area contributed by atoms with Crippen LogP contribution in [0.5, 0.6) is 0 Å². The molecular weight excluding hydrogens is 248 g/mol. The number of carboxylic acid groups (broad SMARTS) is 1. The Bertz CT molecular complexity index is 538. The molecule has 18 heavy (non-hydrogen) atoms. The van der Waals surface area contributed by atoms with Gasteiger partial charge >= 0.3 is 5.97 Å². The van der Waals surface area contributed by atoms with Gasteiger partial charge in [-0.15, -0.1) is 0 Å². The van der Waals surface area contributed by atoms with Gasteiger partial charge in [-0.05, 0) is 47.0 Å². The van der Waals surface area contributed by atoms with Crippen LogP contribution < -0.4 is 11.1 Å². The van der Waals surface area contributed by atoms with Gasteiger partial charge in [0.25, 0.3) is 0 Å². The largest absolute Gasteiger partial charge is 0.478 e. The summed E-state index contributed by atoms with van der Waals surface area (Å²) in [5.41, 5.74) is 8.27. The fourth-order valence-corrected chi connectivity index (χ4v) is 2.37. The summed E-state index contributed by atoms with van der Waals surface area (Å²) < 4.78 is 0. The Morgan fingerprint density at radius 3 is 2.89 bits per heavy atom. The fraction of sp³-hybridized carbons (Fsp3) is 0.154. The van der Waals surface area contributed by atoms with Gasteiger partial charge in [0, 0.05) is 12.2 Å². The van der Waals surface area contributed by atoms with Crippen molar-refractivity contribution in [3.8, 4) is 0 Å². The lowest BCUT2D eigenvalue weighted by Gasteiger charge is -2.10. The highest BCUT2D eigenvalue weighted by molar-refractivity contribution is 7.07. The predicted molar refractivity (Wildman–Crippen MR) is 74.3 cm³/mol. The van der Waals surface area contributed by atoms with Crippen LogP contribution in [0, 0.1) is 0 Å². The Morgan fingerprint density at radius 1 is 1.39 bits per heavy atom. The van der Waals surface area contributed by atoms with Gasteiger partial charge in [-0.1, -0.05) is 0 Å². The van der Waals surface area contributed by atoms with Gasteiger partial charge in [-0.2, -0.15) is 11.3 Å². The minimum Gasteiger partial charge on any atom is -0.478 e. The van der Waals surface area contributed by atoms with Gasteiger partial charge < -0.3 is 16.2 Å². The van der Waals surface area contributed by atoms with Crippen LogP contribution in [0.1, 0.15) is 15.9 Å². The third-order valence-electron chi connectivity index (χ3n) is 2.58. The van der Waals surface area contributed by atoms with Gasteiger partial charge in [-0.3, -0.25) is 0 Å². The van der Waals surface area contributed by atoms with Crippen LogP contribution in [-0.4, -0.2) is 17.6 Å². The number of carboxylic acids is 1. The summed E-state index contributed by atoms with van der Waals surface area (Å²) in [6.45, 7) is 0.681. The van der Waals surface area contributed by atoms with Crippen molar-refractivity contribution in [2.45, 2.75) is 6.42 Å².